The van der Waals surface area contributed by atoms with Crippen LogP contribution in [0.15, 0.2) is 77.7 Å². The van der Waals surface area contributed by atoms with E-state index < -0.39 is 10.0 Å². The summed E-state index contributed by atoms with van der Waals surface area (Å²) in [5.74, 6) is 0. The molecular weight excluding hydrogens is 522 g/mol. The molecule has 1 heterocycles. The van der Waals surface area contributed by atoms with Crippen LogP contribution in [0.25, 0.3) is 16.9 Å². The lowest BCUT2D eigenvalue weighted by Crippen LogP contribution is -2.23. The van der Waals surface area contributed by atoms with Gasteiger partial charge in [0.05, 0.1) is 15.6 Å². The number of benzene rings is 3. The number of aromatic nitrogens is 1. The maximum absolute atomic E-state index is 12.8. The van der Waals surface area contributed by atoms with Crippen LogP contribution in [0, 0.1) is 6.92 Å². The van der Waals surface area contributed by atoms with E-state index in [1.54, 1.807) is 36.4 Å². The molecule has 4 rings (SSSR count). The molecule has 0 atom stereocenters. The second kappa shape index (κ2) is 9.71. The highest BCUT2D eigenvalue weighted by atomic mass is 35.5. The van der Waals surface area contributed by atoms with Gasteiger partial charge in [0.25, 0.3) is 0 Å². The summed E-state index contributed by atoms with van der Waals surface area (Å²) < 4.78 is 30.3. The zero-order valence-electron chi connectivity index (χ0n) is 17.3. The molecule has 0 radical (unpaired) electrons. The topological polar surface area (TPSA) is 51.1 Å². The van der Waals surface area contributed by atoms with Crippen molar-refractivity contribution in [2.75, 3.05) is 0 Å². The standard InChI is InChI=1S/C24H18Cl4N2O2S/c1-15-16(14-29-33(31,32)21-4-2-3-18(26)12-21)11-24(22-10-7-19(27)13-23(22)28)30(15)20-8-5-17(25)6-9-20/h2-13,29H,14H2,1H3. The van der Waals surface area contributed by atoms with Gasteiger partial charge in [0.1, 0.15) is 0 Å². The number of halogens is 4. The predicted molar refractivity (Wildman–Crippen MR) is 136 cm³/mol. The van der Waals surface area contributed by atoms with Crippen LogP contribution in [0.3, 0.4) is 0 Å². The van der Waals surface area contributed by atoms with Gasteiger partial charge in [-0.2, -0.15) is 0 Å². The van der Waals surface area contributed by atoms with Crippen LogP contribution < -0.4 is 4.72 Å². The van der Waals surface area contributed by atoms with Crippen molar-refractivity contribution in [2.24, 2.45) is 0 Å². The molecule has 170 valence electrons. The van der Waals surface area contributed by atoms with Gasteiger partial charge >= 0.3 is 0 Å². The highest BCUT2D eigenvalue weighted by Gasteiger charge is 2.20. The van der Waals surface area contributed by atoms with Crippen molar-refractivity contribution in [3.8, 4) is 16.9 Å². The average Bonchev–Trinajstić information content (AvgIpc) is 3.09. The molecule has 33 heavy (non-hydrogen) atoms. The maximum Gasteiger partial charge on any atom is 0.240 e. The van der Waals surface area contributed by atoms with E-state index in [9.17, 15) is 8.42 Å². The highest BCUT2D eigenvalue weighted by Crippen LogP contribution is 2.35. The molecule has 0 bridgehead atoms. The monoisotopic (exact) mass is 538 g/mol. The first-order valence-corrected chi connectivity index (χ1v) is 12.8. The molecule has 0 saturated heterocycles. The quantitative estimate of drug-likeness (QED) is 0.275. The molecule has 0 unspecified atom stereocenters. The van der Waals surface area contributed by atoms with Crippen LogP contribution in [0.4, 0.5) is 0 Å². The Bertz CT molecular complexity index is 1430. The molecule has 1 N–H and O–H groups in total. The highest BCUT2D eigenvalue weighted by molar-refractivity contribution is 7.89. The number of hydrogen-bond acceptors (Lipinski definition) is 2. The van der Waals surface area contributed by atoms with Crippen molar-refractivity contribution in [1.82, 2.24) is 9.29 Å². The minimum atomic E-state index is -3.75. The predicted octanol–water partition coefficient (Wildman–Crippen LogP) is 7.54. The Morgan fingerprint density at radius 3 is 2.15 bits per heavy atom. The van der Waals surface area contributed by atoms with Gasteiger partial charge in [-0.25, -0.2) is 13.1 Å². The number of nitrogens with zero attached hydrogens (tertiary/aromatic N) is 1. The van der Waals surface area contributed by atoms with Crippen LogP contribution in [-0.4, -0.2) is 13.0 Å². The summed E-state index contributed by atoms with van der Waals surface area (Å²) in [6.45, 7) is 2.00. The minimum absolute atomic E-state index is 0.0828. The van der Waals surface area contributed by atoms with Crippen LogP contribution in [0.1, 0.15) is 11.3 Å². The first kappa shape index (κ1) is 24.1. The molecule has 3 aromatic carbocycles. The fraction of sp³-hybridized carbons (Fsp3) is 0.0833. The van der Waals surface area contributed by atoms with E-state index in [2.05, 4.69) is 4.72 Å². The Hall–Kier alpha value is -1.99. The van der Waals surface area contributed by atoms with Crippen LogP contribution >= 0.6 is 46.4 Å². The van der Waals surface area contributed by atoms with E-state index in [4.69, 9.17) is 46.4 Å². The van der Waals surface area contributed by atoms with E-state index >= 15 is 0 Å². The van der Waals surface area contributed by atoms with E-state index in [1.807, 2.05) is 35.8 Å². The number of hydrogen-bond donors (Lipinski definition) is 1. The Morgan fingerprint density at radius 1 is 0.818 bits per heavy atom. The fourth-order valence-electron chi connectivity index (χ4n) is 3.55. The van der Waals surface area contributed by atoms with Crippen molar-refractivity contribution < 1.29 is 8.42 Å². The Kier molecular flexibility index (Phi) is 7.10. The summed E-state index contributed by atoms with van der Waals surface area (Å²) in [4.78, 5) is 0.103. The van der Waals surface area contributed by atoms with E-state index in [1.165, 1.54) is 12.1 Å². The number of rotatable bonds is 6. The molecular formula is C24H18Cl4N2O2S. The van der Waals surface area contributed by atoms with Crippen LogP contribution in [0.2, 0.25) is 20.1 Å². The lowest BCUT2D eigenvalue weighted by molar-refractivity contribution is 0.581. The third-order valence-corrected chi connectivity index (χ3v) is 7.64. The zero-order chi connectivity index (χ0) is 23.8. The van der Waals surface area contributed by atoms with Crippen molar-refractivity contribution in [3.63, 3.8) is 0 Å². The molecule has 0 fully saturated rings. The largest absolute Gasteiger partial charge is 0.314 e. The lowest BCUT2D eigenvalue weighted by Gasteiger charge is -2.14. The molecule has 4 nitrogen and oxygen atoms in total. The molecule has 0 aliphatic heterocycles. The van der Waals surface area contributed by atoms with Gasteiger partial charge in [0, 0.05) is 38.6 Å². The third-order valence-electron chi connectivity index (χ3n) is 5.20. The van der Waals surface area contributed by atoms with Gasteiger partial charge in [-0.05, 0) is 79.2 Å². The first-order chi connectivity index (χ1) is 15.7. The molecule has 1 aromatic heterocycles. The fourth-order valence-corrected chi connectivity index (χ4v) is 5.48. The molecule has 0 amide bonds. The van der Waals surface area contributed by atoms with E-state index in [-0.39, 0.29) is 11.4 Å². The van der Waals surface area contributed by atoms with Gasteiger partial charge in [-0.1, -0.05) is 52.5 Å². The third kappa shape index (κ3) is 5.24. The van der Waals surface area contributed by atoms with Crippen molar-refractivity contribution in [2.45, 2.75) is 18.4 Å². The van der Waals surface area contributed by atoms with Gasteiger partial charge in [-0.3, -0.25) is 0 Å². The normalized spacial score (nSPS) is 11.7. The Balaban J connectivity index is 1.77. The van der Waals surface area contributed by atoms with Gasteiger partial charge < -0.3 is 4.57 Å². The first-order valence-electron chi connectivity index (χ1n) is 9.83. The molecule has 0 spiro atoms. The zero-order valence-corrected chi connectivity index (χ0v) is 21.2. The summed E-state index contributed by atoms with van der Waals surface area (Å²) >= 11 is 24.6. The SMILES string of the molecule is Cc1c(CNS(=O)(=O)c2cccc(Cl)c2)cc(-c2ccc(Cl)cc2Cl)n1-c1ccc(Cl)cc1. The number of nitrogens with one attached hydrogen (secondary N) is 1. The van der Waals surface area contributed by atoms with Crippen molar-refractivity contribution >= 4 is 56.4 Å². The summed E-state index contributed by atoms with van der Waals surface area (Å²) in [5, 5.41) is 1.98. The van der Waals surface area contributed by atoms with E-state index in [0.29, 0.717) is 20.1 Å². The molecule has 4 aromatic rings. The summed E-state index contributed by atoms with van der Waals surface area (Å²) in [7, 11) is -3.75. The molecule has 9 heteroatoms. The van der Waals surface area contributed by atoms with Gasteiger partial charge in [0.15, 0.2) is 0 Å². The number of sulfonamides is 1. The van der Waals surface area contributed by atoms with Gasteiger partial charge in [-0.15, -0.1) is 0 Å². The molecule has 0 saturated carbocycles. The summed E-state index contributed by atoms with van der Waals surface area (Å²) in [5.41, 5.74) is 4.07. The van der Waals surface area contributed by atoms with Crippen molar-refractivity contribution in [3.05, 3.63) is 104 Å². The summed E-state index contributed by atoms with van der Waals surface area (Å²) in [6.07, 6.45) is 0. The smallest absolute Gasteiger partial charge is 0.240 e. The second-order valence-electron chi connectivity index (χ2n) is 7.36. The van der Waals surface area contributed by atoms with Crippen LogP contribution in [-0.2, 0) is 16.6 Å². The van der Waals surface area contributed by atoms with Crippen LogP contribution in [0.5, 0.6) is 0 Å². The Morgan fingerprint density at radius 2 is 1.48 bits per heavy atom. The van der Waals surface area contributed by atoms with Crippen molar-refractivity contribution in [1.29, 1.82) is 0 Å². The minimum Gasteiger partial charge on any atom is -0.314 e. The van der Waals surface area contributed by atoms with Gasteiger partial charge in [0.2, 0.25) is 10.0 Å². The molecule has 0 aliphatic rings. The molecule has 0 aliphatic carbocycles. The average molecular weight is 540 g/mol. The lowest BCUT2D eigenvalue weighted by atomic mass is 10.1. The second-order valence-corrected chi connectivity index (χ2v) is 10.8. The summed E-state index contributed by atoms with van der Waals surface area (Å²) in [6, 6.07) is 20.7. The van der Waals surface area contributed by atoms with E-state index in [0.717, 1.165) is 28.2 Å². The Labute approximate surface area is 212 Å². The maximum atomic E-state index is 12.8.